The number of carbonyl (C=O) groups excluding carboxylic acids is 2. The van der Waals surface area contributed by atoms with Crippen molar-refractivity contribution >= 4 is 17.5 Å². The molecule has 0 aliphatic carbocycles. The number of ether oxygens (including phenoxy) is 3. The molecular weight excluding hydrogens is 378 g/mol. The summed E-state index contributed by atoms with van der Waals surface area (Å²) >= 11 is 0. The molecule has 1 fully saturated rings. The monoisotopic (exact) mass is 403 g/mol. The van der Waals surface area contributed by atoms with E-state index >= 15 is 0 Å². The zero-order valence-electron chi connectivity index (χ0n) is 16.5. The maximum absolute atomic E-state index is 12.3. The van der Waals surface area contributed by atoms with Crippen LogP contribution >= 0.6 is 0 Å². The number of hydrogen-bond acceptors (Lipinski definition) is 7. The van der Waals surface area contributed by atoms with E-state index in [0.717, 1.165) is 18.8 Å². The van der Waals surface area contributed by atoms with Crippen molar-refractivity contribution in [1.82, 2.24) is 10.2 Å². The third-order valence-electron chi connectivity index (χ3n) is 4.66. The lowest BCUT2D eigenvalue weighted by Crippen LogP contribution is -2.45. The molecule has 1 aliphatic rings. The number of benzene rings is 1. The molecule has 3 rings (SSSR count). The van der Waals surface area contributed by atoms with Crippen molar-refractivity contribution in [3.05, 3.63) is 42.4 Å². The van der Waals surface area contributed by atoms with Crippen LogP contribution in [0.2, 0.25) is 0 Å². The second kappa shape index (κ2) is 9.94. The van der Waals surface area contributed by atoms with Crippen LogP contribution < -0.4 is 20.1 Å². The van der Waals surface area contributed by atoms with Gasteiger partial charge in [0.1, 0.15) is 5.76 Å². The molecule has 1 aromatic carbocycles. The van der Waals surface area contributed by atoms with E-state index in [1.807, 2.05) is 6.07 Å². The van der Waals surface area contributed by atoms with Crippen LogP contribution in [0.25, 0.3) is 0 Å². The van der Waals surface area contributed by atoms with Crippen molar-refractivity contribution in [2.75, 3.05) is 52.4 Å². The number of methoxy groups -OCH3 is 2. The van der Waals surface area contributed by atoms with E-state index in [1.54, 1.807) is 30.5 Å². The minimum absolute atomic E-state index is 0.174. The van der Waals surface area contributed by atoms with Crippen molar-refractivity contribution in [3.63, 3.8) is 0 Å². The van der Waals surface area contributed by atoms with Gasteiger partial charge >= 0.3 is 11.8 Å². The van der Waals surface area contributed by atoms with E-state index in [0.29, 0.717) is 30.4 Å². The summed E-state index contributed by atoms with van der Waals surface area (Å²) in [6, 6.07) is 8.35. The van der Waals surface area contributed by atoms with Crippen molar-refractivity contribution in [2.24, 2.45) is 0 Å². The zero-order valence-corrected chi connectivity index (χ0v) is 16.5. The van der Waals surface area contributed by atoms with Gasteiger partial charge in [-0.3, -0.25) is 14.5 Å². The Morgan fingerprint density at radius 3 is 2.52 bits per heavy atom. The predicted octanol–water partition coefficient (Wildman–Crippen LogP) is 1.42. The summed E-state index contributed by atoms with van der Waals surface area (Å²) in [7, 11) is 3.02. The fraction of sp³-hybridized carbons (Fsp3) is 0.400. The van der Waals surface area contributed by atoms with Crippen molar-refractivity contribution < 1.29 is 28.2 Å². The van der Waals surface area contributed by atoms with Crippen LogP contribution in [0.15, 0.2) is 41.0 Å². The molecule has 1 aromatic heterocycles. The van der Waals surface area contributed by atoms with Crippen molar-refractivity contribution in [2.45, 2.75) is 6.04 Å². The molecule has 1 unspecified atom stereocenters. The molecule has 29 heavy (non-hydrogen) atoms. The highest BCUT2D eigenvalue weighted by Gasteiger charge is 2.26. The van der Waals surface area contributed by atoms with Crippen LogP contribution in [-0.2, 0) is 14.3 Å². The van der Waals surface area contributed by atoms with Gasteiger partial charge in [-0.15, -0.1) is 0 Å². The second-order valence-corrected chi connectivity index (χ2v) is 6.41. The first-order valence-electron chi connectivity index (χ1n) is 9.28. The minimum Gasteiger partial charge on any atom is -0.493 e. The van der Waals surface area contributed by atoms with Crippen LogP contribution in [0.3, 0.4) is 0 Å². The fourth-order valence-electron chi connectivity index (χ4n) is 3.15. The molecule has 1 aliphatic heterocycles. The highest BCUT2D eigenvalue weighted by molar-refractivity contribution is 6.39. The third kappa shape index (κ3) is 5.27. The molecule has 1 saturated heterocycles. The number of rotatable bonds is 7. The molecule has 0 spiro atoms. The maximum atomic E-state index is 12.3. The van der Waals surface area contributed by atoms with Crippen LogP contribution in [0.4, 0.5) is 5.69 Å². The van der Waals surface area contributed by atoms with Gasteiger partial charge in [0.15, 0.2) is 11.5 Å². The summed E-state index contributed by atoms with van der Waals surface area (Å²) in [5, 5.41) is 5.25. The molecule has 2 heterocycles. The predicted molar refractivity (Wildman–Crippen MR) is 105 cm³/mol. The van der Waals surface area contributed by atoms with Crippen LogP contribution in [0, 0.1) is 0 Å². The molecule has 0 bridgehead atoms. The molecular formula is C20H25N3O6. The Bertz CT molecular complexity index is 818. The van der Waals surface area contributed by atoms with Gasteiger partial charge in [0, 0.05) is 31.4 Å². The Kier molecular flexibility index (Phi) is 7.09. The Balaban J connectivity index is 1.60. The van der Waals surface area contributed by atoms with Crippen LogP contribution in [0.1, 0.15) is 11.8 Å². The van der Waals surface area contributed by atoms with E-state index in [4.69, 9.17) is 18.6 Å². The number of anilines is 1. The average molecular weight is 403 g/mol. The lowest BCUT2D eigenvalue weighted by molar-refractivity contribution is -0.136. The van der Waals surface area contributed by atoms with E-state index in [1.165, 1.54) is 14.2 Å². The summed E-state index contributed by atoms with van der Waals surface area (Å²) in [6.07, 6.45) is 1.59. The van der Waals surface area contributed by atoms with Gasteiger partial charge in [0.25, 0.3) is 0 Å². The van der Waals surface area contributed by atoms with Gasteiger partial charge in [-0.1, -0.05) is 0 Å². The van der Waals surface area contributed by atoms with E-state index in [9.17, 15) is 9.59 Å². The normalized spacial score (nSPS) is 15.4. The summed E-state index contributed by atoms with van der Waals surface area (Å²) in [5.74, 6) is 0.215. The highest BCUT2D eigenvalue weighted by Crippen LogP contribution is 2.29. The van der Waals surface area contributed by atoms with Crippen LogP contribution in [-0.4, -0.2) is 63.8 Å². The molecule has 0 radical (unpaired) electrons. The number of nitrogens with zero attached hydrogens (tertiary/aromatic N) is 1. The van der Waals surface area contributed by atoms with Crippen molar-refractivity contribution in [1.29, 1.82) is 0 Å². The summed E-state index contributed by atoms with van der Waals surface area (Å²) in [4.78, 5) is 26.8. The molecule has 2 N–H and O–H groups in total. The fourth-order valence-corrected chi connectivity index (χ4v) is 3.15. The quantitative estimate of drug-likeness (QED) is 0.674. The van der Waals surface area contributed by atoms with Gasteiger partial charge in [-0.25, -0.2) is 0 Å². The molecule has 9 heteroatoms. The minimum atomic E-state index is -0.766. The van der Waals surface area contributed by atoms with Gasteiger partial charge in [-0.2, -0.15) is 0 Å². The summed E-state index contributed by atoms with van der Waals surface area (Å²) in [6.45, 7) is 2.92. The molecule has 1 atom stereocenters. The number of morpholine rings is 1. The first-order valence-corrected chi connectivity index (χ1v) is 9.28. The number of hydrogen-bond donors (Lipinski definition) is 2. The molecule has 2 aromatic rings. The molecule has 0 saturated carbocycles. The first-order chi connectivity index (χ1) is 14.1. The van der Waals surface area contributed by atoms with Crippen LogP contribution in [0.5, 0.6) is 11.5 Å². The first kappa shape index (κ1) is 20.7. The Morgan fingerprint density at radius 1 is 1.10 bits per heavy atom. The molecule has 156 valence electrons. The molecule has 9 nitrogen and oxygen atoms in total. The lowest BCUT2D eigenvalue weighted by Gasteiger charge is -2.33. The third-order valence-corrected chi connectivity index (χ3v) is 4.66. The summed E-state index contributed by atoms with van der Waals surface area (Å²) < 4.78 is 21.3. The maximum Gasteiger partial charge on any atom is 0.313 e. The number of amides is 2. The lowest BCUT2D eigenvalue weighted by atomic mass is 10.1. The average Bonchev–Trinajstić information content (AvgIpc) is 3.29. The van der Waals surface area contributed by atoms with Gasteiger partial charge in [-0.05, 0) is 24.3 Å². The summed E-state index contributed by atoms with van der Waals surface area (Å²) in [5.41, 5.74) is 0.429. The standard InChI is InChI=1S/C20H25N3O6/c1-26-17-6-5-14(12-18(17)27-2)22-20(25)19(24)21-13-15(16-4-3-9-29-16)23-7-10-28-11-8-23/h3-6,9,12,15H,7-8,10-11,13H2,1-2H3,(H,21,24)(H,22,25). The van der Waals surface area contributed by atoms with Gasteiger partial charge in [0.05, 0.1) is 39.7 Å². The van der Waals surface area contributed by atoms with Crippen molar-refractivity contribution in [3.8, 4) is 11.5 Å². The second-order valence-electron chi connectivity index (χ2n) is 6.41. The number of furan rings is 1. The Hall–Kier alpha value is -3.04. The number of nitrogens with one attached hydrogen (secondary N) is 2. The van der Waals surface area contributed by atoms with Gasteiger partial charge in [0.2, 0.25) is 0 Å². The molecule has 2 amide bonds. The number of carbonyl (C=O) groups is 2. The van der Waals surface area contributed by atoms with Gasteiger partial charge < -0.3 is 29.3 Å². The van der Waals surface area contributed by atoms with E-state index in [-0.39, 0.29) is 12.6 Å². The Labute approximate surface area is 168 Å². The Morgan fingerprint density at radius 2 is 1.86 bits per heavy atom. The topological polar surface area (TPSA) is 102 Å². The largest absolute Gasteiger partial charge is 0.493 e. The van der Waals surface area contributed by atoms with E-state index in [2.05, 4.69) is 15.5 Å². The highest BCUT2D eigenvalue weighted by atomic mass is 16.5. The van der Waals surface area contributed by atoms with E-state index < -0.39 is 11.8 Å². The zero-order chi connectivity index (χ0) is 20.6. The smallest absolute Gasteiger partial charge is 0.313 e. The SMILES string of the molecule is COc1ccc(NC(=O)C(=O)NCC(c2ccco2)N2CCOCC2)cc1OC.